The zero-order valence-electron chi connectivity index (χ0n) is 25.0. The highest BCUT2D eigenvalue weighted by Crippen LogP contribution is 2.28. The Hall–Kier alpha value is -4.05. The third kappa shape index (κ3) is 8.25. The minimum absolute atomic E-state index is 0.0485. The molecule has 1 N–H and O–H groups in total. The molecule has 0 bridgehead atoms. The minimum atomic E-state index is -4.17. The molecule has 10 heteroatoms. The van der Waals surface area contributed by atoms with Crippen LogP contribution in [0.4, 0.5) is 5.69 Å². The molecule has 226 valence electrons. The maximum absolute atomic E-state index is 14.2. The van der Waals surface area contributed by atoms with Crippen molar-refractivity contribution in [3.05, 3.63) is 83.9 Å². The first-order chi connectivity index (χ1) is 20.1. The fourth-order valence-electron chi connectivity index (χ4n) is 4.52. The van der Waals surface area contributed by atoms with Crippen molar-refractivity contribution in [3.8, 4) is 11.5 Å². The lowest BCUT2D eigenvalue weighted by molar-refractivity contribution is -0.140. The van der Waals surface area contributed by atoms with Gasteiger partial charge in [0, 0.05) is 19.2 Å². The van der Waals surface area contributed by atoms with Gasteiger partial charge in [-0.05, 0) is 61.7 Å². The van der Waals surface area contributed by atoms with Crippen LogP contribution in [0.15, 0.2) is 77.7 Å². The Bertz CT molecular complexity index is 1440. The molecule has 0 aliphatic carbocycles. The number of benzene rings is 3. The van der Waals surface area contributed by atoms with E-state index in [4.69, 9.17) is 9.47 Å². The number of nitrogens with zero attached hydrogens (tertiary/aromatic N) is 2. The van der Waals surface area contributed by atoms with Crippen molar-refractivity contribution in [1.29, 1.82) is 0 Å². The number of rotatable bonds is 15. The van der Waals surface area contributed by atoms with E-state index in [-0.39, 0.29) is 23.0 Å². The number of sulfonamides is 1. The molecule has 0 aliphatic heterocycles. The highest BCUT2D eigenvalue weighted by molar-refractivity contribution is 7.92. The van der Waals surface area contributed by atoms with Crippen molar-refractivity contribution >= 4 is 27.5 Å². The van der Waals surface area contributed by atoms with E-state index in [1.54, 1.807) is 55.6 Å². The Balaban J connectivity index is 2.06. The number of amides is 2. The van der Waals surface area contributed by atoms with Crippen LogP contribution in [0.25, 0.3) is 0 Å². The van der Waals surface area contributed by atoms with Crippen LogP contribution in [0.3, 0.4) is 0 Å². The summed E-state index contributed by atoms with van der Waals surface area (Å²) in [6.45, 7) is 5.79. The zero-order valence-corrected chi connectivity index (χ0v) is 25.8. The number of carbonyl (C=O) groups is 2. The number of hydrogen-bond donors (Lipinski definition) is 1. The van der Waals surface area contributed by atoms with Gasteiger partial charge in [-0.15, -0.1) is 0 Å². The number of hydrogen-bond acceptors (Lipinski definition) is 6. The molecule has 0 spiro atoms. The van der Waals surface area contributed by atoms with Gasteiger partial charge in [-0.2, -0.15) is 0 Å². The van der Waals surface area contributed by atoms with Crippen LogP contribution in [-0.2, 0) is 26.2 Å². The zero-order chi connectivity index (χ0) is 30.7. The molecule has 0 saturated heterocycles. The lowest BCUT2D eigenvalue weighted by Crippen LogP contribution is -2.52. The van der Waals surface area contributed by atoms with E-state index in [9.17, 15) is 18.0 Å². The number of unbranched alkanes of at least 4 members (excludes halogenated alkanes) is 1. The summed E-state index contributed by atoms with van der Waals surface area (Å²) in [6.07, 6.45) is 2.07. The molecule has 0 fully saturated rings. The molecular formula is C32H41N3O6S. The summed E-state index contributed by atoms with van der Waals surface area (Å²) in [5.74, 6) is 0.254. The van der Waals surface area contributed by atoms with E-state index < -0.39 is 28.5 Å². The monoisotopic (exact) mass is 595 g/mol. The second-order valence-electron chi connectivity index (χ2n) is 9.97. The van der Waals surface area contributed by atoms with Crippen LogP contribution in [0.2, 0.25) is 0 Å². The predicted molar refractivity (Wildman–Crippen MR) is 164 cm³/mol. The van der Waals surface area contributed by atoms with Crippen molar-refractivity contribution in [3.63, 3.8) is 0 Å². The van der Waals surface area contributed by atoms with Crippen LogP contribution in [0.1, 0.15) is 44.2 Å². The second kappa shape index (κ2) is 15.3. The number of ether oxygens (including phenoxy) is 2. The fourth-order valence-corrected chi connectivity index (χ4v) is 5.93. The van der Waals surface area contributed by atoms with Crippen molar-refractivity contribution < 1.29 is 27.5 Å². The van der Waals surface area contributed by atoms with Gasteiger partial charge in [0.05, 0.1) is 24.8 Å². The van der Waals surface area contributed by atoms with Gasteiger partial charge >= 0.3 is 0 Å². The van der Waals surface area contributed by atoms with E-state index in [2.05, 4.69) is 5.32 Å². The van der Waals surface area contributed by atoms with Crippen molar-refractivity contribution in [1.82, 2.24) is 10.2 Å². The number of carbonyl (C=O) groups excluding carboxylic acids is 2. The summed E-state index contributed by atoms with van der Waals surface area (Å²) in [4.78, 5) is 29.0. The molecule has 3 aromatic carbocycles. The van der Waals surface area contributed by atoms with Gasteiger partial charge in [0.25, 0.3) is 10.0 Å². The first-order valence-electron chi connectivity index (χ1n) is 14.1. The van der Waals surface area contributed by atoms with Gasteiger partial charge in [-0.1, -0.05) is 56.2 Å². The maximum atomic E-state index is 14.2. The molecule has 42 heavy (non-hydrogen) atoms. The second-order valence-corrected chi connectivity index (χ2v) is 11.8. The van der Waals surface area contributed by atoms with E-state index in [0.29, 0.717) is 24.5 Å². The molecule has 0 aliphatic rings. The van der Waals surface area contributed by atoms with E-state index in [1.165, 1.54) is 24.1 Å². The van der Waals surface area contributed by atoms with E-state index in [0.717, 1.165) is 28.3 Å². The van der Waals surface area contributed by atoms with Gasteiger partial charge in [-0.3, -0.25) is 13.9 Å². The Morgan fingerprint density at radius 1 is 0.905 bits per heavy atom. The Morgan fingerprint density at radius 3 is 2.17 bits per heavy atom. The first-order valence-corrected chi connectivity index (χ1v) is 15.5. The van der Waals surface area contributed by atoms with E-state index >= 15 is 0 Å². The quantitative estimate of drug-likeness (QED) is 0.250. The number of aryl methyl sites for hydroxylation is 1. The largest absolute Gasteiger partial charge is 0.497 e. The molecular weight excluding hydrogens is 554 g/mol. The van der Waals surface area contributed by atoms with Crippen molar-refractivity contribution in [2.75, 3.05) is 31.6 Å². The summed E-state index contributed by atoms with van der Waals surface area (Å²) in [5, 5.41) is 2.93. The third-order valence-corrected chi connectivity index (χ3v) is 8.72. The number of anilines is 1. The van der Waals surface area contributed by atoms with Gasteiger partial charge in [0.15, 0.2) is 0 Å². The Labute approximate surface area is 249 Å². The molecule has 2 amide bonds. The molecule has 0 unspecified atom stereocenters. The van der Waals surface area contributed by atoms with Gasteiger partial charge < -0.3 is 19.7 Å². The molecule has 3 rings (SSSR count). The number of nitrogens with one attached hydrogen (secondary N) is 1. The molecule has 0 saturated carbocycles. The maximum Gasteiger partial charge on any atom is 0.264 e. The fraction of sp³-hybridized carbons (Fsp3) is 0.375. The molecule has 3 aromatic rings. The topological polar surface area (TPSA) is 105 Å². The number of methoxy groups -OCH3 is 2. The SMILES string of the molecule is CCCCNC(=O)[C@H](CC)N(Cc1cccc(OC)c1)C(=O)CN(c1cccc(OC)c1)S(=O)(=O)c1ccc(C)cc1. The summed E-state index contributed by atoms with van der Waals surface area (Å²) >= 11 is 0. The highest BCUT2D eigenvalue weighted by atomic mass is 32.2. The molecule has 0 aromatic heterocycles. The Kier molecular flexibility index (Phi) is 11.8. The van der Waals surface area contributed by atoms with E-state index in [1.807, 2.05) is 32.9 Å². The van der Waals surface area contributed by atoms with Crippen LogP contribution in [0.5, 0.6) is 11.5 Å². The molecule has 0 heterocycles. The lowest BCUT2D eigenvalue weighted by Gasteiger charge is -2.33. The van der Waals surface area contributed by atoms with Crippen LogP contribution in [0, 0.1) is 6.92 Å². The van der Waals surface area contributed by atoms with Crippen molar-refractivity contribution in [2.24, 2.45) is 0 Å². The van der Waals surface area contributed by atoms with Crippen LogP contribution in [-0.4, -0.2) is 58.5 Å². The summed E-state index contributed by atoms with van der Waals surface area (Å²) in [5.41, 5.74) is 1.92. The van der Waals surface area contributed by atoms with Gasteiger partial charge in [-0.25, -0.2) is 8.42 Å². The standard InChI is InChI=1S/C32H41N3O6S/c1-6-8-19-33-32(37)30(7-2)34(22-25-11-9-13-27(20-25)40-4)31(36)23-35(26-12-10-14-28(21-26)41-5)42(38,39)29-17-15-24(3)16-18-29/h9-18,20-21,30H,6-8,19,22-23H2,1-5H3,(H,33,37)/t30-/m0/s1. The first kappa shape index (κ1) is 32.5. The lowest BCUT2D eigenvalue weighted by atomic mass is 10.1. The normalized spacial score (nSPS) is 11.8. The summed E-state index contributed by atoms with van der Waals surface area (Å²) in [7, 11) is -1.12. The summed E-state index contributed by atoms with van der Waals surface area (Å²) in [6, 6.07) is 19.4. The predicted octanol–water partition coefficient (Wildman–Crippen LogP) is 4.93. The smallest absolute Gasteiger partial charge is 0.264 e. The van der Waals surface area contributed by atoms with Crippen LogP contribution >= 0.6 is 0 Å². The highest BCUT2D eigenvalue weighted by Gasteiger charge is 2.33. The molecule has 9 nitrogen and oxygen atoms in total. The average Bonchev–Trinajstić information content (AvgIpc) is 3.00. The minimum Gasteiger partial charge on any atom is -0.497 e. The molecule has 1 atom stereocenters. The van der Waals surface area contributed by atoms with Crippen LogP contribution < -0.4 is 19.1 Å². The molecule has 0 radical (unpaired) electrons. The Morgan fingerprint density at radius 2 is 1.55 bits per heavy atom. The van der Waals surface area contributed by atoms with Gasteiger partial charge in [0.1, 0.15) is 24.1 Å². The summed E-state index contributed by atoms with van der Waals surface area (Å²) < 4.78 is 39.8. The average molecular weight is 596 g/mol. The third-order valence-electron chi connectivity index (χ3n) is 6.93. The van der Waals surface area contributed by atoms with Crippen molar-refractivity contribution in [2.45, 2.75) is 57.5 Å². The van der Waals surface area contributed by atoms with Gasteiger partial charge in [0.2, 0.25) is 11.8 Å².